The van der Waals surface area contributed by atoms with Crippen molar-refractivity contribution < 1.29 is 13.9 Å². The van der Waals surface area contributed by atoms with Crippen molar-refractivity contribution in [1.82, 2.24) is 24.9 Å². The van der Waals surface area contributed by atoms with Gasteiger partial charge >= 0.3 is 0 Å². The van der Waals surface area contributed by atoms with Crippen molar-refractivity contribution in [1.29, 1.82) is 0 Å². The first-order valence-electron chi connectivity index (χ1n) is 9.58. The van der Waals surface area contributed by atoms with Gasteiger partial charge in [0.15, 0.2) is 5.65 Å². The summed E-state index contributed by atoms with van der Waals surface area (Å²) in [6.07, 6.45) is 0. The van der Waals surface area contributed by atoms with Gasteiger partial charge in [-0.25, -0.2) is 4.39 Å². The Morgan fingerprint density at radius 2 is 1.90 bits per heavy atom. The Balaban J connectivity index is 1.76. The number of carbonyl (C=O) groups is 1. The number of carbonyl (C=O) groups excluding carboxylic acids is 1. The number of tetrazole rings is 1. The molecule has 0 aliphatic carbocycles. The molecule has 0 aliphatic heterocycles. The number of ether oxygens (including phenoxy) is 1. The lowest BCUT2D eigenvalue weighted by atomic mass is 10.0. The van der Waals surface area contributed by atoms with Gasteiger partial charge in [-0.15, -0.1) is 5.10 Å². The Labute approximate surface area is 173 Å². The number of fused-ring (bicyclic) bond motifs is 3. The molecule has 1 amide bonds. The summed E-state index contributed by atoms with van der Waals surface area (Å²) in [5.41, 5.74) is 5.40. The molecule has 0 bridgehead atoms. The minimum atomic E-state index is -0.315. The molecule has 7 nitrogen and oxygen atoms in total. The number of halogens is 1. The molecular weight excluding hydrogens is 385 g/mol. The van der Waals surface area contributed by atoms with Gasteiger partial charge in [-0.05, 0) is 59.7 Å². The molecule has 8 heteroatoms. The molecule has 0 saturated carbocycles. The molecule has 0 radical (unpaired) electrons. The third kappa shape index (κ3) is 3.86. The quantitative estimate of drug-likeness (QED) is 0.491. The highest BCUT2D eigenvalue weighted by Crippen LogP contribution is 2.25. The molecule has 0 unspecified atom stereocenters. The van der Waals surface area contributed by atoms with Gasteiger partial charge in [0, 0.05) is 31.1 Å². The number of rotatable bonds is 6. The molecule has 0 spiro atoms. The molecule has 0 saturated heterocycles. The standard InChI is InChI=1S/C22H22FN5O2/c1-14-8-15(2)21-17(9-14)10-18(22-24-25-26-28(21)22)12-27(20(29)13-30-3)11-16-4-6-19(23)7-5-16/h4-10H,11-13H2,1-3H3. The number of aromatic nitrogens is 4. The lowest BCUT2D eigenvalue weighted by Crippen LogP contribution is -2.33. The summed E-state index contributed by atoms with van der Waals surface area (Å²) in [6, 6.07) is 12.3. The fraction of sp³-hybridized carbons (Fsp3) is 0.273. The smallest absolute Gasteiger partial charge is 0.249 e. The highest BCUT2D eigenvalue weighted by molar-refractivity contribution is 5.86. The number of benzene rings is 2. The summed E-state index contributed by atoms with van der Waals surface area (Å²) in [7, 11) is 1.48. The fourth-order valence-corrected chi connectivity index (χ4v) is 3.76. The van der Waals surface area contributed by atoms with Crippen molar-refractivity contribution in [2.24, 2.45) is 0 Å². The van der Waals surface area contributed by atoms with Crippen LogP contribution >= 0.6 is 0 Å². The van der Waals surface area contributed by atoms with E-state index in [1.165, 1.54) is 19.2 Å². The van der Waals surface area contributed by atoms with E-state index in [4.69, 9.17) is 4.74 Å². The lowest BCUT2D eigenvalue weighted by Gasteiger charge is -2.23. The average Bonchev–Trinajstić information content (AvgIpc) is 3.18. The molecule has 4 rings (SSSR count). The highest BCUT2D eigenvalue weighted by Gasteiger charge is 2.19. The Morgan fingerprint density at radius 3 is 2.63 bits per heavy atom. The summed E-state index contributed by atoms with van der Waals surface area (Å²) in [4.78, 5) is 14.4. The van der Waals surface area contributed by atoms with Crippen molar-refractivity contribution in [2.45, 2.75) is 26.9 Å². The van der Waals surface area contributed by atoms with Crippen LogP contribution in [0, 0.1) is 19.7 Å². The number of amides is 1. The SMILES string of the molecule is COCC(=O)N(Cc1ccc(F)cc1)Cc1cc2cc(C)cc(C)c2n2nnnc12. The van der Waals surface area contributed by atoms with Gasteiger partial charge < -0.3 is 9.64 Å². The van der Waals surface area contributed by atoms with Crippen LogP contribution in [0.2, 0.25) is 0 Å². The van der Waals surface area contributed by atoms with Crippen molar-refractivity contribution in [3.63, 3.8) is 0 Å². The largest absolute Gasteiger partial charge is 0.375 e. The molecule has 30 heavy (non-hydrogen) atoms. The van der Waals surface area contributed by atoms with E-state index < -0.39 is 0 Å². The van der Waals surface area contributed by atoms with Crippen molar-refractivity contribution in [2.75, 3.05) is 13.7 Å². The van der Waals surface area contributed by atoms with Gasteiger partial charge in [0.2, 0.25) is 5.91 Å². The van der Waals surface area contributed by atoms with Gasteiger partial charge in [-0.2, -0.15) is 4.52 Å². The van der Waals surface area contributed by atoms with Crippen molar-refractivity contribution in [3.05, 3.63) is 70.5 Å². The van der Waals surface area contributed by atoms with Crippen molar-refractivity contribution in [3.8, 4) is 0 Å². The van der Waals surface area contributed by atoms with E-state index in [9.17, 15) is 9.18 Å². The third-order valence-corrected chi connectivity index (χ3v) is 5.04. The second kappa shape index (κ2) is 8.16. The molecule has 2 heterocycles. The lowest BCUT2D eigenvalue weighted by molar-refractivity contribution is -0.136. The second-order valence-corrected chi connectivity index (χ2v) is 7.41. The summed E-state index contributed by atoms with van der Waals surface area (Å²) in [6.45, 7) is 4.64. The Kier molecular flexibility index (Phi) is 5.41. The number of hydrogen-bond acceptors (Lipinski definition) is 5. The fourth-order valence-electron chi connectivity index (χ4n) is 3.76. The van der Waals surface area contributed by atoms with Gasteiger partial charge in [-0.1, -0.05) is 23.8 Å². The summed E-state index contributed by atoms with van der Waals surface area (Å²) in [5.74, 6) is -0.488. The van der Waals surface area contributed by atoms with E-state index in [0.29, 0.717) is 18.7 Å². The predicted molar refractivity (Wildman–Crippen MR) is 110 cm³/mol. The third-order valence-electron chi connectivity index (χ3n) is 5.04. The first-order chi connectivity index (χ1) is 14.5. The van der Waals surface area contributed by atoms with E-state index >= 15 is 0 Å². The van der Waals surface area contributed by atoms with Crippen molar-refractivity contribution >= 4 is 22.5 Å². The van der Waals surface area contributed by atoms with E-state index in [1.54, 1.807) is 21.5 Å². The maximum absolute atomic E-state index is 13.3. The maximum Gasteiger partial charge on any atom is 0.249 e. The minimum Gasteiger partial charge on any atom is -0.375 e. The highest BCUT2D eigenvalue weighted by atomic mass is 19.1. The van der Waals surface area contributed by atoms with Gasteiger partial charge in [0.1, 0.15) is 12.4 Å². The Morgan fingerprint density at radius 1 is 1.13 bits per heavy atom. The number of methoxy groups -OCH3 is 1. The monoisotopic (exact) mass is 407 g/mol. The van der Waals surface area contributed by atoms with Crippen LogP contribution in [-0.2, 0) is 22.6 Å². The summed E-state index contributed by atoms with van der Waals surface area (Å²) < 4.78 is 20.1. The topological polar surface area (TPSA) is 72.6 Å². The van der Waals surface area contributed by atoms with E-state index in [0.717, 1.165) is 33.2 Å². The van der Waals surface area contributed by atoms with Gasteiger partial charge in [0.25, 0.3) is 0 Å². The maximum atomic E-state index is 13.3. The van der Waals surface area contributed by atoms with E-state index in [1.807, 2.05) is 19.9 Å². The van der Waals surface area contributed by atoms with Crippen LogP contribution in [0.15, 0.2) is 42.5 Å². The Bertz CT molecular complexity index is 1220. The van der Waals surface area contributed by atoms with Crippen LogP contribution in [0.4, 0.5) is 4.39 Å². The molecule has 4 aromatic rings. The molecule has 2 aromatic carbocycles. The second-order valence-electron chi connectivity index (χ2n) is 7.41. The van der Waals surface area contributed by atoms with Gasteiger partial charge in [-0.3, -0.25) is 4.79 Å². The Hall–Kier alpha value is -3.39. The van der Waals surface area contributed by atoms with E-state index in [-0.39, 0.29) is 18.3 Å². The molecular formula is C22H22FN5O2. The zero-order valence-electron chi connectivity index (χ0n) is 17.1. The number of hydrogen-bond donors (Lipinski definition) is 0. The van der Waals surface area contributed by atoms with Crippen LogP contribution in [0.25, 0.3) is 16.6 Å². The van der Waals surface area contributed by atoms with Crippen LogP contribution in [0.3, 0.4) is 0 Å². The zero-order valence-corrected chi connectivity index (χ0v) is 17.1. The average molecular weight is 407 g/mol. The molecule has 2 aromatic heterocycles. The normalized spacial score (nSPS) is 11.3. The molecule has 0 atom stereocenters. The van der Waals surface area contributed by atoms with Crippen LogP contribution in [0.5, 0.6) is 0 Å². The van der Waals surface area contributed by atoms with Gasteiger partial charge in [0.05, 0.1) is 5.52 Å². The molecule has 0 N–H and O–H groups in total. The molecule has 154 valence electrons. The predicted octanol–water partition coefficient (Wildman–Crippen LogP) is 3.21. The van der Waals surface area contributed by atoms with Crippen LogP contribution < -0.4 is 0 Å². The van der Waals surface area contributed by atoms with E-state index in [2.05, 4.69) is 27.7 Å². The summed E-state index contributed by atoms with van der Waals surface area (Å²) >= 11 is 0. The molecule has 0 fully saturated rings. The minimum absolute atomic E-state index is 0.0474. The van der Waals surface area contributed by atoms with Crippen LogP contribution in [0.1, 0.15) is 22.3 Å². The molecule has 0 aliphatic rings. The first-order valence-corrected chi connectivity index (χ1v) is 9.58. The number of nitrogens with zero attached hydrogens (tertiary/aromatic N) is 5. The first kappa shape index (κ1) is 19.9. The van der Waals surface area contributed by atoms with Crippen LogP contribution in [-0.4, -0.2) is 44.6 Å². The number of pyridine rings is 1. The number of aryl methyl sites for hydroxylation is 2. The zero-order chi connectivity index (χ0) is 21.3. The summed E-state index contributed by atoms with van der Waals surface area (Å²) in [5, 5.41) is 13.2.